The Kier molecular flexibility index (Phi) is 10.4. The standard InChI is InChI=1S/2C9H13NO.C2H6/c1-7(2)8-5-4-6-10-9(8)11-3;1-7(2)8-5-4-6-10(3)9(8)11;1-2/h2*4-7H,1-3H3;1-2H3. The number of ether oxygens (including phenoxy) is 1. The summed E-state index contributed by atoms with van der Waals surface area (Å²) in [4.78, 5) is 15.5. The summed E-state index contributed by atoms with van der Waals surface area (Å²) >= 11 is 0. The van der Waals surface area contributed by atoms with Crippen LogP contribution in [0.3, 0.4) is 0 Å². The van der Waals surface area contributed by atoms with Gasteiger partial charge in [-0.2, -0.15) is 0 Å². The van der Waals surface area contributed by atoms with Gasteiger partial charge in [0.25, 0.3) is 5.56 Å². The Morgan fingerprint density at radius 1 is 1.00 bits per heavy atom. The van der Waals surface area contributed by atoms with Gasteiger partial charge in [0.05, 0.1) is 7.11 Å². The van der Waals surface area contributed by atoms with E-state index in [1.165, 1.54) is 0 Å². The molecule has 0 atom stereocenters. The molecule has 4 nitrogen and oxygen atoms in total. The van der Waals surface area contributed by atoms with Crippen LogP contribution in [0.1, 0.15) is 64.5 Å². The predicted octanol–water partition coefficient (Wildman–Crippen LogP) is 4.75. The summed E-state index contributed by atoms with van der Waals surface area (Å²) in [6, 6.07) is 7.75. The quantitative estimate of drug-likeness (QED) is 0.815. The van der Waals surface area contributed by atoms with E-state index in [2.05, 4.69) is 18.8 Å². The van der Waals surface area contributed by atoms with Crippen LogP contribution in [0.5, 0.6) is 5.88 Å². The Morgan fingerprint density at radius 2 is 1.54 bits per heavy atom. The number of rotatable bonds is 3. The highest BCUT2D eigenvalue weighted by Crippen LogP contribution is 2.22. The summed E-state index contributed by atoms with van der Waals surface area (Å²) in [5.41, 5.74) is 2.16. The predicted molar refractivity (Wildman–Crippen MR) is 102 cm³/mol. The van der Waals surface area contributed by atoms with Crippen molar-refractivity contribution in [2.45, 2.75) is 53.4 Å². The zero-order chi connectivity index (χ0) is 18.7. The molecule has 0 aliphatic heterocycles. The van der Waals surface area contributed by atoms with Gasteiger partial charge in [0.15, 0.2) is 0 Å². The Labute approximate surface area is 146 Å². The van der Waals surface area contributed by atoms with Gasteiger partial charge in [-0.3, -0.25) is 4.79 Å². The fourth-order valence-corrected chi connectivity index (χ4v) is 2.07. The van der Waals surface area contributed by atoms with Gasteiger partial charge in [-0.1, -0.05) is 53.7 Å². The molecule has 0 N–H and O–H groups in total. The lowest BCUT2D eigenvalue weighted by Gasteiger charge is -2.08. The molecule has 2 heterocycles. The van der Waals surface area contributed by atoms with Crippen LogP contribution < -0.4 is 10.3 Å². The molecule has 0 saturated heterocycles. The average molecular weight is 332 g/mol. The van der Waals surface area contributed by atoms with Crippen molar-refractivity contribution < 1.29 is 4.74 Å². The molecule has 0 bridgehead atoms. The van der Waals surface area contributed by atoms with E-state index in [0.29, 0.717) is 11.8 Å². The van der Waals surface area contributed by atoms with Crippen molar-refractivity contribution in [3.05, 3.63) is 58.1 Å². The molecule has 2 aromatic rings. The second-order valence-electron chi connectivity index (χ2n) is 5.79. The number of hydrogen-bond donors (Lipinski definition) is 0. The molecular weight excluding hydrogens is 300 g/mol. The van der Waals surface area contributed by atoms with E-state index in [4.69, 9.17) is 4.74 Å². The number of nitrogens with zero attached hydrogens (tertiary/aromatic N) is 2. The molecule has 134 valence electrons. The maximum absolute atomic E-state index is 11.4. The highest BCUT2D eigenvalue weighted by atomic mass is 16.5. The number of aromatic nitrogens is 2. The molecule has 0 fully saturated rings. The lowest BCUT2D eigenvalue weighted by atomic mass is 10.1. The van der Waals surface area contributed by atoms with Crippen LogP contribution in [0.15, 0.2) is 41.5 Å². The monoisotopic (exact) mass is 332 g/mol. The Bertz CT molecular complexity index is 646. The maximum Gasteiger partial charge on any atom is 0.253 e. The second kappa shape index (κ2) is 11.4. The zero-order valence-electron chi connectivity index (χ0n) is 16.3. The normalized spacial score (nSPS) is 9.75. The topological polar surface area (TPSA) is 44.1 Å². The minimum Gasteiger partial charge on any atom is -0.481 e. The Balaban J connectivity index is 0.000000400. The number of aryl methyl sites for hydroxylation is 1. The van der Waals surface area contributed by atoms with Crippen molar-refractivity contribution in [3.8, 4) is 5.88 Å². The van der Waals surface area contributed by atoms with Gasteiger partial charge in [-0.15, -0.1) is 0 Å². The van der Waals surface area contributed by atoms with E-state index in [9.17, 15) is 4.79 Å². The van der Waals surface area contributed by atoms with E-state index >= 15 is 0 Å². The van der Waals surface area contributed by atoms with Crippen molar-refractivity contribution in [2.75, 3.05) is 7.11 Å². The van der Waals surface area contributed by atoms with Gasteiger partial charge in [-0.05, 0) is 24.0 Å². The van der Waals surface area contributed by atoms with Crippen molar-refractivity contribution in [3.63, 3.8) is 0 Å². The van der Waals surface area contributed by atoms with E-state index in [1.807, 2.05) is 52.0 Å². The van der Waals surface area contributed by atoms with Crippen molar-refractivity contribution >= 4 is 0 Å². The van der Waals surface area contributed by atoms with Crippen molar-refractivity contribution in [2.24, 2.45) is 7.05 Å². The maximum atomic E-state index is 11.4. The smallest absolute Gasteiger partial charge is 0.253 e. The fraction of sp³-hybridized carbons (Fsp3) is 0.500. The molecule has 0 aliphatic rings. The zero-order valence-corrected chi connectivity index (χ0v) is 16.3. The van der Waals surface area contributed by atoms with E-state index < -0.39 is 0 Å². The minimum atomic E-state index is 0.113. The number of pyridine rings is 2. The van der Waals surface area contributed by atoms with E-state index in [1.54, 1.807) is 31.1 Å². The molecular formula is C20H32N2O2. The number of hydrogen-bond acceptors (Lipinski definition) is 3. The van der Waals surface area contributed by atoms with Gasteiger partial charge in [0.1, 0.15) is 0 Å². The first-order valence-electron chi connectivity index (χ1n) is 8.52. The summed E-state index contributed by atoms with van der Waals surface area (Å²) in [7, 11) is 3.42. The Morgan fingerprint density at radius 3 is 1.96 bits per heavy atom. The van der Waals surface area contributed by atoms with Gasteiger partial charge in [0, 0.05) is 30.6 Å². The molecule has 24 heavy (non-hydrogen) atoms. The number of methoxy groups -OCH3 is 1. The average Bonchev–Trinajstić information content (AvgIpc) is 2.59. The lowest BCUT2D eigenvalue weighted by molar-refractivity contribution is 0.390. The van der Waals surface area contributed by atoms with Crippen molar-refractivity contribution in [1.29, 1.82) is 0 Å². The third-order valence-corrected chi connectivity index (χ3v) is 3.39. The van der Waals surface area contributed by atoms with Crippen LogP contribution in [0.25, 0.3) is 0 Å². The van der Waals surface area contributed by atoms with Crippen LogP contribution in [-0.4, -0.2) is 16.7 Å². The highest BCUT2D eigenvalue weighted by molar-refractivity contribution is 5.28. The van der Waals surface area contributed by atoms with E-state index in [-0.39, 0.29) is 5.56 Å². The SMILES string of the molecule is CC.CC(C)c1cccn(C)c1=O.COc1ncccc1C(C)C. The van der Waals surface area contributed by atoms with Gasteiger partial charge >= 0.3 is 0 Å². The molecule has 0 aliphatic carbocycles. The molecule has 0 aromatic carbocycles. The van der Waals surface area contributed by atoms with Gasteiger partial charge in [-0.25, -0.2) is 4.98 Å². The minimum absolute atomic E-state index is 0.113. The molecule has 0 amide bonds. The summed E-state index contributed by atoms with van der Waals surface area (Å²) in [6.45, 7) is 12.3. The lowest BCUT2D eigenvalue weighted by Crippen LogP contribution is -2.20. The highest BCUT2D eigenvalue weighted by Gasteiger charge is 2.05. The largest absolute Gasteiger partial charge is 0.481 e. The van der Waals surface area contributed by atoms with Crippen LogP contribution in [-0.2, 0) is 7.05 Å². The van der Waals surface area contributed by atoms with Crippen LogP contribution >= 0.6 is 0 Å². The molecule has 0 spiro atoms. The molecule has 2 rings (SSSR count). The first-order valence-corrected chi connectivity index (χ1v) is 8.52. The molecule has 2 aromatic heterocycles. The van der Waals surface area contributed by atoms with Crippen LogP contribution in [0.4, 0.5) is 0 Å². The molecule has 0 unspecified atom stereocenters. The van der Waals surface area contributed by atoms with Gasteiger partial charge < -0.3 is 9.30 Å². The fourth-order valence-electron chi connectivity index (χ4n) is 2.07. The molecule has 0 saturated carbocycles. The first kappa shape index (κ1) is 21.9. The third-order valence-electron chi connectivity index (χ3n) is 3.39. The first-order chi connectivity index (χ1) is 11.4. The summed E-state index contributed by atoms with van der Waals surface area (Å²) < 4.78 is 6.70. The molecule has 0 radical (unpaired) electrons. The summed E-state index contributed by atoms with van der Waals surface area (Å²) in [5, 5.41) is 0. The van der Waals surface area contributed by atoms with Crippen LogP contribution in [0, 0.1) is 0 Å². The summed E-state index contributed by atoms with van der Waals surface area (Å²) in [6.07, 6.45) is 3.51. The second-order valence-corrected chi connectivity index (χ2v) is 5.79. The summed E-state index contributed by atoms with van der Waals surface area (Å²) in [5.74, 6) is 1.52. The van der Waals surface area contributed by atoms with Gasteiger partial charge in [0.2, 0.25) is 5.88 Å². The van der Waals surface area contributed by atoms with Crippen molar-refractivity contribution in [1.82, 2.24) is 9.55 Å². The van der Waals surface area contributed by atoms with E-state index in [0.717, 1.165) is 17.0 Å². The third kappa shape index (κ3) is 6.57. The molecule has 4 heteroatoms. The Hall–Kier alpha value is -2.10. The van der Waals surface area contributed by atoms with Crippen LogP contribution in [0.2, 0.25) is 0 Å².